The standard InChI is InChI=1S/C12H17FN2O2/c1-8(15-6-5-12(17)14-2)10-4-3-9(13)7-11(10)16/h3-4,7-8,15-16H,5-6H2,1-2H3,(H,14,17). The van der Waals surface area contributed by atoms with Crippen molar-refractivity contribution in [3.63, 3.8) is 0 Å². The van der Waals surface area contributed by atoms with E-state index >= 15 is 0 Å². The Hall–Kier alpha value is -1.62. The summed E-state index contributed by atoms with van der Waals surface area (Å²) < 4.78 is 12.8. The van der Waals surface area contributed by atoms with Crippen LogP contribution in [0.5, 0.6) is 5.75 Å². The molecule has 1 unspecified atom stereocenters. The van der Waals surface area contributed by atoms with E-state index in [-0.39, 0.29) is 17.7 Å². The molecule has 0 aliphatic rings. The summed E-state index contributed by atoms with van der Waals surface area (Å²) in [4.78, 5) is 11.0. The number of amides is 1. The van der Waals surface area contributed by atoms with Gasteiger partial charge in [0.1, 0.15) is 11.6 Å². The van der Waals surface area contributed by atoms with Crippen LogP contribution in [0.15, 0.2) is 18.2 Å². The van der Waals surface area contributed by atoms with E-state index in [9.17, 15) is 14.3 Å². The topological polar surface area (TPSA) is 61.4 Å². The van der Waals surface area contributed by atoms with Gasteiger partial charge in [-0.1, -0.05) is 6.07 Å². The molecule has 0 spiro atoms. The van der Waals surface area contributed by atoms with Gasteiger partial charge in [0, 0.05) is 37.7 Å². The molecule has 17 heavy (non-hydrogen) atoms. The monoisotopic (exact) mass is 240 g/mol. The molecule has 5 heteroatoms. The summed E-state index contributed by atoms with van der Waals surface area (Å²) in [5.41, 5.74) is 0.614. The molecule has 3 N–H and O–H groups in total. The third-order valence-electron chi connectivity index (χ3n) is 2.54. The van der Waals surface area contributed by atoms with Crippen LogP contribution in [0.3, 0.4) is 0 Å². The van der Waals surface area contributed by atoms with Gasteiger partial charge in [0.2, 0.25) is 5.91 Å². The molecule has 0 fully saturated rings. The number of carbonyl (C=O) groups excluding carboxylic acids is 1. The zero-order valence-corrected chi connectivity index (χ0v) is 9.96. The lowest BCUT2D eigenvalue weighted by Gasteiger charge is -2.15. The van der Waals surface area contributed by atoms with Gasteiger partial charge in [-0.15, -0.1) is 0 Å². The number of hydrogen-bond donors (Lipinski definition) is 3. The lowest BCUT2D eigenvalue weighted by atomic mass is 10.1. The summed E-state index contributed by atoms with van der Waals surface area (Å²) in [7, 11) is 1.58. The molecular weight excluding hydrogens is 223 g/mol. The van der Waals surface area contributed by atoms with Gasteiger partial charge in [-0.2, -0.15) is 0 Å². The molecule has 1 atom stereocenters. The minimum atomic E-state index is -0.469. The van der Waals surface area contributed by atoms with Gasteiger partial charge >= 0.3 is 0 Å². The number of halogens is 1. The normalized spacial score (nSPS) is 12.2. The fourth-order valence-electron chi connectivity index (χ4n) is 1.52. The summed E-state index contributed by atoms with van der Waals surface area (Å²) in [6, 6.07) is 3.76. The van der Waals surface area contributed by atoms with E-state index in [1.54, 1.807) is 7.05 Å². The Balaban J connectivity index is 2.52. The minimum Gasteiger partial charge on any atom is -0.508 e. The second-order valence-corrected chi connectivity index (χ2v) is 3.80. The van der Waals surface area contributed by atoms with E-state index in [0.717, 1.165) is 6.07 Å². The Morgan fingerprint density at radius 3 is 2.82 bits per heavy atom. The first-order valence-corrected chi connectivity index (χ1v) is 5.47. The molecule has 1 aromatic carbocycles. The van der Waals surface area contributed by atoms with Crippen LogP contribution in [0.1, 0.15) is 24.9 Å². The SMILES string of the molecule is CNC(=O)CCNC(C)c1ccc(F)cc1O. The lowest BCUT2D eigenvalue weighted by molar-refractivity contribution is -0.120. The van der Waals surface area contributed by atoms with Crippen molar-refractivity contribution in [3.05, 3.63) is 29.6 Å². The zero-order chi connectivity index (χ0) is 12.8. The minimum absolute atomic E-state index is 0.0481. The highest BCUT2D eigenvalue weighted by Crippen LogP contribution is 2.24. The summed E-state index contributed by atoms with van der Waals surface area (Å²) >= 11 is 0. The van der Waals surface area contributed by atoms with E-state index in [1.807, 2.05) is 6.92 Å². The van der Waals surface area contributed by atoms with E-state index in [4.69, 9.17) is 0 Å². The van der Waals surface area contributed by atoms with Gasteiger partial charge in [0.25, 0.3) is 0 Å². The van der Waals surface area contributed by atoms with Crippen LogP contribution in [0, 0.1) is 5.82 Å². The van der Waals surface area contributed by atoms with Crippen LogP contribution >= 0.6 is 0 Å². The van der Waals surface area contributed by atoms with Crippen molar-refractivity contribution in [3.8, 4) is 5.75 Å². The molecule has 4 nitrogen and oxygen atoms in total. The largest absolute Gasteiger partial charge is 0.508 e. The molecule has 0 aromatic heterocycles. The van der Waals surface area contributed by atoms with Gasteiger partial charge in [0.05, 0.1) is 0 Å². The fraction of sp³-hybridized carbons (Fsp3) is 0.417. The van der Waals surface area contributed by atoms with Crippen molar-refractivity contribution < 1.29 is 14.3 Å². The number of phenols is 1. The first-order valence-electron chi connectivity index (χ1n) is 5.47. The molecule has 0 heterocycles. The molecule has 0 bridgehead atoms. The van der Waals surface area contributed by atoms with Gasteiger partial charge in [-0.05, 0) is 13.0 Å². The second kappa shape index (κ2) is 6.20. The van der Waals surface area contributed by atoms with Crippen molar-refractivity contribution in [2.24, 2.45) is 0 Å². The molecule has 0 radical (unpaired) electrons. The van der Waals surface area contributed by atoms with Crippen LogP contribution in [0.4, 0.5) is 4.39 Å². The van der Waals surface area contributed by atoms with Crippen molar-refractivity contribution >= 4 is 5.91 Å². The van der Waals surface area contributed by atoms with Crippen molar-refractivity contribution in [1.29, 1.82) is 0 Å². The number of hydrogen-bond acceptors (Lipinski definition) is 3. The molecular formula is C12H17FN2O2. The first kappa shape index (κ1) is 13.4. The molecule has 1 rings (SSSR count). The maximum atomic E-state index is 12.8. The van der Waals surface area contributed by atoms with Crippen LogP contribution in [0.2, 0.25) is 0 Å². The Kier molecular flexibility index (Phi) is 4.90. The highest BCUT2D eigenvalue weighted by Gasteiger charge is 2.10. The highest BCUT2D eigenvalue weighted by atomic mass is 19.1. The van der Waals surface area contributed by atoms with E-state index in [0.29, 0.717) is 18.5 Å². The van der Waals surface area contributed by atoms with Gasteiger partial charge < -0.3 is 15.7 Å². The molecule has 1 aromatic rings. The fourth-order valence-corrected chi connectivity index (χ4v) is 1.52. The van der Waals surface area contributed by atoms with Gasteiger partial charge in [-0.25, -0.2) is 4.39 Å². The number of aromatic hydroxyl groups is 1. The first-order chi connectivity index (χ1) is 8.04. The molecule has 0 saturated carbocycles. The second-order valence-electron chi connectivity index (χ2n) is 3.80. The van der Waals surface area contributed by atoms with E-state index < -0.39 is 5.82 Å². The molecule has 1 amide bonds. The summed E-state index contributed by atoms with van der Waals surface area (Å²) in [6.07, 6.45) is 0.364. The third-order valence-corrected chi connectivity index (χ3v) is 2.54. The average molecular weight is 240 g/mol. The zero-order valence-electron chi connectivity index (χ0n) is 9.96. The maximum Gasteiger partial charge on any atom is 0.221 e. The van der Waals surface area contributed by atoms with Crippen molar-refractivity contribution in [1.82, 2.24) is 10.6 Å². The number of carbonyl (C=O) groups is 1. The Morgan fingerprint density at radius 2 is 2.24 bits per heavy atom. The van der Waals surface area contributed by atoms with Gasteiger partial charge in [-0.3, -0.25) is 4.79 Å². The predicted octanol–water partition coefficient (Wildman–Crippen LogP) is 1.32. The number of rotatable bonds is 5. The number of nitrogens with one attached hydrogen (secondary N) is 2. The van der Waals surface area contributed by atoms with E-state index in [2.05, 4.69) is 10.6 Å². The predicted molar refractivity (Wildman–Crippen MR) is 63.2 cm³/mol. The van der Waals surface area contributed by atoms with Crippen molar-refractivity contribution in [2.75, 3.05) is 13.6 Å². The molecule has 94 valence electrons. The third kappa shape index (κ3) is 4.03. The molecule has 0 aliphatic heterocycles. The Bertz CT molecular complexity index is 396. The van der Waals surface area contributed by atoms with Crippen LogP contribution in [0.25, 0.3) is 0 Å². The smallest absolute Gasteiger partial charge is 0.221 e. The number of benzene rings is 1. The summed E-state index contributed by atoms with van der Waals surface area (Å²) in [5, 5.41) is 15.2. The molecule has 0 aliphatic carbocycles. The molecule has 0 saturated heterocycles. The van der Waals surface area contributed by atoms with Crippen molar-refractivity contribution in [2.45, 2.75) is 19.4 Å². The van der Waals surface area contributed by atoms with Crippen LogP contribution < -0.4 is 10.6 Å². The Labute approximate surface area is 99.8 Å². The quantitative estimate of drug-likeness (QED) is 0.727. The van der Waals surface area contributed by atoms with Gasteiger partial charge in [0.15, 0.2) is 0 Å². The Morgan fingerprint density at radius 1 is 1.53 bits per heavy atom. The highest BCUT2D eigenvalue weighted by molar-refractivity contribution is 5.75. The lowest BCUT2D eigenvalue weighted by Crippen LogP contribution is -2.26. The summed E-state index contributed by atoms with van der Waals surface area (Å²) in [6.45, 7) is 2.34. The van der Waals surface area contributed by atoms with Crippen LogP contribution in [-0.4, -0.2) is 24.6 Å². The average Bonchev–Trinajstić information content (AvgIpc) is 2.28. The maximum absolute atomic E-state index is 12.8. The summed E-state index contributed by atoms with van der Waals surface area (Å²) in [5.74, 6) is -0.596. The van der Waals surface area contributed by atoms with Crippen LogP contribution in [-0.2, 0) is 4.79 Å². The number of phenolic OH excluding ortho intramolecular Hbond substituents is 1. The van der Waals surface area contributed by atoms with E-state index in [1.165, 1.54) is 12.1 Å².